The van der Waals surface area contributed by atoms with Gasteiger partial charge in [0, 0.05) is 17.8 Å². The zero-order valence-electron chi connectivity index (χ0n) is 12.5. The largest absolute Gasteiger partial charge is 0.271 e. The highest BCUT2D eigenvalue weighted by Crippen LogP contribution is 2.39. The molecule has 2 aromatic rings. The molecule has 3 N–H and O–H groups in total. The van der Waals surface area contributed by atoms with Gasteiger partial charge in [-0.1, -0.05) is 6.07 Å². The van der Waals surface area contributed by atoms with Crippen molar-refractivity contribution in [1.82, 2.24) is 20.6 Å². The Kier molecular flexibility index (Phi) is 3.94. The Labute approximate surface area is 125 Å². The smallest absolute Gasteiger partial charge is 0.0648 e. The molecule has 5 heteroatoms. The Balaban J connectivity index is 2.03. The van der Waals surface area contributed by atoms with Crippen LogP contribution in [-0.2, 0) is 6.42 Å². The number of nitrogens with two attached hydrogens (primary N) is 1. The van der Waals surface area contributed by atoms with Crippen molar-refractivity contribution in [2.75, 3.05) is 0 Å². The molecule has 1 aliphatic carbocycles. The van der Waals surface area contributed by atoms with Gasteiger partial charge >= 0.3 is 0 Å². The highest BCUT2D eigenvalue weighted by molar-refractivity contribution is 5.33. The van der Waals surface area contributed by atoms with Gasteiger partial charge in [-0.05, 0) is 56.4 Å². The van der Waals surface area contributed by atoms with Crippen LogP contribution in [0.2, 0.25) is 0 Å². The molecule has 0 radical (unpaired) electrons. The van der Waals surface area contributed by atoms with E-state index in [0.717, 1.165) is 36.2 Å². The number of hydrogen-bond acceptors (Lipinski definition) is 5. The number of hydrazine groups is 1. The highest BCUT2D eigenvalue weighted by Gasteiger charge is 2.30. The van der Waals surface area contributed by atoms with Crippen molar-refractivity contribution < 1.29 is 0 Å². The molecule has 21 heavy (non-hydrogen) atoms. The molecule has 3 rings (SSSR count). The van der Waals surface area contributed by atoms with Gasteiger partial charge in [-0.3, -0.25) is 16.3 Å². The van der Waals surface area contributed by atoms with Crippen LogP contribution in [0, 0.1) is 13.8 Å². The predicted octanol–water partition coefficient (Wildman–Crippen LogP) is 2.11. The van der Waals surface area contributed by atoms with E-state index in [1.54, 1.807) is 0 Å². The van der Waals surface area contributed by atoms with E-state index < -0.39 is 0 Å². The fourth-order valence-corrected chi connectivity index (χ4v) is 3.28. The van der Waals surface area contributed by atoms with E-state index in [1.165, 1.54) is 11.3 Å². The number of aromatic nitrogens is 3. The zero-order chi connectivity index (χ0) is 14.8. The second-order valence-electron chi connectivity index (χ2n) is 5.72. The second-order valence-corrected chi connectivity index (χ2v) is 5.72. The van der Waals surface area contributed by atoms with Gasteiger partial charge in [0.2, 0.25) is 0 Å². The summed E-state index contributed by atoms with van der Waals surface area (Å²) >= 11 is 0. The van der Waals surface area contributed by atoms with Gasteiger partial charge in [-0.2, -0.15) is 10.2 Å². The number of pyridine rings is 1. The molecule has 2 aromatic heterocycles. The lowest BCUT2D eigenvalue weighted by Gasteiger charge is -2.31. The van der Waals surface area contributed by atoms with Gasteiger partial charge in [0.25, 0.3) is 0 Å². The van der Waals surface area contributed by atoms with Crippen molar-refractivity contribution in [1.29, 1.82) is 0 Å². The first kappa shape index (κ1) is 14.1. The quantitative estimate of drug-likeness (QED) is 0.666. The van der Waals surface area contributed by atoms with E-state index >= 15 is 0 Å². The fraction of sp³-hybridized carbons (Fsp3) is 0.438. The van der Waals surface area contributed by atoms with Crippen molar-refractivity contribution in [2.24, 2.45) is 5.84 Å². The SMILES string of the molecule is Cc1cc(C(NN)C2CCCc3cccnc32)c(C)nn1. The average Bonchev–Trinajstić information content (AvgIpc) is 2.51. The van der Waals surface area contributed by atoms with Crippen molar-refractivity contribution >= 4 is 0 Å². The molecule has 0 saturated carbocycles. The first-order valence-electron chi connectivity index (χ1n) is 7.41. The molecule has 0 spiro atoms. The lowest BCUT2D eigenvalue weighted by molar-refractivity contribution is 0.397. The van der Waals surface area contributed by atoms with Crippen LogP contribution in [0.25, 0.3) is 0 Å². The van der Waals surface area contributed by atoms with Crippen LogP contribution in [0.15, 0.2) is 24.4 Å². The Morgan fingerprint density at radius 1 is 1.33 bits per heavy atom. The lowest BCUT2D eigenvalue weighted by Crippen LogP contribution is -2.35. The van der Waals surface area contributed by atoms with Gasteiger partial charge in [0.15, 0.2) is 0 Å². The maximum absolute atomic E-state index is 5.89. The molecule has 0 fully saturated rings. The molecule has 0 amide bonds. The molecular weight excluding hydrogens is 262 g/mol. The molecule has 2 atom stereocenters. The first-order chi connectivity index (χ1) is 10.2. The van der Waals surface area contributed by atoms with Crippen LogP contribution in [0.1, 0.15) is 53.0 Å². The molecule has 0 aliphatic heterocycles. The molecule has 0 saturated heterocycles. The minimum absolute atomic E-state index is 0.0214. The normalized spacial score (nSPS) is 19.1. The average molecular weight is 283 g/mol. The van der Waals surface area contributed by atoms with Crippen LogP contribution in [0.3, 0.4) is 0 Å². The summed E-state index contributed by atoms with van der Waals surface area (Å²) in [6, 6.07) is 6.28. The van der Waals surface area contributed by atoms with Crippen LogP contribution in [-0.4, -0.2) is 15.2 Å². The standard InChI is InChI=1S/C16H21N5/c1-10-9-14(11(2)21-20-10)16(19-17)13-7-3-5-12-6-4-8-18-15(12)13/h4,6,8-9,13,16,19H,3,5,7,17H2,1-2H3. The van der Waals surface area contributed by atoms with Crippen LogP contribution in [0.4, 0.5) is 0 Å². The monoisotopic (exact) mass is 283 g/mol. The molecule has 2 unspecified atom stereocenters. The Bertz CT molecular complexity index is 640. The fourth-order valence-electron chi connectivity index (χ4n) is 3.28. The lowest BCUT2D eigenvalue weighted by atomic mass is 9.79. The molecular formula is C16H21N5. The third kappa shape index (κ3) is 2.66. The van der Waals surface area contributed by atoms with E-state index in [1.807, 2.05) is 26.1 Å². The van der Waals surface area contributed by atoms with Crippen LogP contribution in [0.5, 0.6) is 0 Å². The van der Waals surface area contributed by atoms with E-state index in [9.17, 15) is 0 Å². The Morgan fingerprint density at radius 2 is 2.19 bits per heavy atom. The Morgan fingerprint density at radius 3 is 3.00 bits per heavy atom. The number of rotatable bonds is 3. The number of aryl methyl sites for hydroxylation is 3. The number of nitrogens with one attached hydrogen (secondary N) is 1. The van der Waals surface area contributed by atoms with Crippen molar-refractivity contribution in [3.63, 3.8) is 0 Å². The molecule has 2 heterocycles. The van der Waals surface area contributed by atoms with Crippen LogP contribution >= 0.6 is 0 Å². The summed E-state index contributed by atoms with van der Waals surface area (Å²) in [5.74, 6) is 6.17. The topological polar surface area (TPSA) is 76.7 Å². The van der Waals surface area contributed by atoms with E-state index in [4.69, 9.17) is 5.84 Å². The third-order valence-corrected chi connectivity index (χ3v) is 4.30. The minimum atomic E-state index is 0.0214. The zero-order valence-corrected chi connectivity index (χ0v) is 12.5. The summed E-state index contributed by atoms with van der Waals surface area (Å²) in [5.41, 5.74) is 8.45. The Hall–Kier alpha value is -1.85. The van der Waals surface area contributed by atoms with Crippen molar-refractivity contribution in [3.8, 4) is 0 Å². The van der Waals surface area contributed by atoms with Gasteiger partial charge in [-0.15, -0.1) is 0 Å². The number of hydrogen-bond donors (Lipinski definition) is 2. The maximum Gasteiger partial charge on any atom is 0.0648 e. The van der Waals surface area contributed by atoms with Crippen molar-refractivity contribution in [2.45, 2.75) is 45.1 Å². The van der Waals surface area contributed by atoms with Gasteiger partial charge in [0.05, 0.1) is 17.4 Å². The minimum Gasteiger partial charge on any atom is -0.271 e. The van der Waals surface area contributed by atoms with Gasteiger partial charge in [-0.25, -0.2) is 0 Å². The number of fused-ring (bicyclic) bond motifs is 1. The van der Waals surface area contributed by atoms with E-state index in [0.29, 0.717) is 0 Å². The van der Waals surface area contributed by atoms with Gasteiger partial charge < -0.3 is 0 Å². The summed E-state index contributed by atoms with van der Waals surface area (Å²) in [4.78, 5) is 4.62. The van der Waals surface area contributed by atoms with Crippen molar-refractivity contribution in [3.05, 3.63) is 52.6 Å². The second kappa shape index (κ2) is 5.87. The van der Waals surface area contributed by atoms with E-state index in [2.05, 4.69) is 32.7 Å². The summed E-state index contributed by atoms with van der Waals surface area (Å²) in [6.45, 7) is 3.94. The first-order valence-corrected chi connectivity index (χ1v) is 7.41. The third-order valence-electron chi connectivity index (χ3n) is 4.30. The molecule has 0 bridgehead atoms. The summed E-state index contributed by atoms with van der Waals surface area (Å²) < 4.78 is 0. The van der Waals surface area contributed by atoms with Gasteiger partial charge in [0.1, 0.15) is 0 Å². The highest BCUT2D eigenvalue weighted by atomic mass is 15.2. The number of nitrogens with zero attached hydrogens (tertiary/aromatic N) is 3. The summed E-state index contributed by atoms with van der Waals surface area (Å²) in [5, 5.41) is 8.34. The molecule has 5 nitrogen and oxygen atoms in total. The van der Waals surface area contributed by atoms with E-state index in [-0.39, 0.29) is 12.0 Å². The summed E-state index contributed by atoms with van der Waals surface area (Å²) in [7, 11) is 0. The summed E-state index contributed by atoms with van der Waals surface area (Å²) in [6.07, 6.45) is 5.22. The maximum atomic E-state index is 5.89. The molecule has 0 aromatic carbocycles. The van der Waals surface area contributed by atoms with Crippen LogP contribution < -0.4 is 11.3 Å². The molecule has 110 valence electrons. The molecule has 1 aliphatic rings. The predicted molar refractivity (Wildman–Crippen MR) is 81.5 cm³/mol.